The van der Waals surface area contributed by atoms with Crippen molar-refractivity contribution in [3.8, 4) is 5.75 Å². The zero-order valence-electron chi connectivity index (χ0n) is 13.4. The standard InChI is InChI=1S/C18H20N2O3/c1-11-4-5-12(18(22)19-11)8-13-9-17(21)20(2)16-10-14(23-3)6-7-15(13)16/h6-8,10,12H,1,4-5,9H2,2-3H3,(H,19,22). The Bertz CT molecular complexity index is 721. The lowest BCUT2D eigenvalue weighted by molar-refractivity contribution is -0.124. The quantitative estimate of drug-likeness (QED) is 0.913. The SMILES string of the molecule is C=C1CCC(C=C2CC(=O)N(C)c3cc(OC)ccc32)C(=O)N1. The Hall–Kier alpha value is -2.56. The van der Waals surface area contributed by atoms with Crippen LogP contribution >= 0.6 is 0 Å². The van der Waals surface area contributed by atoms with Gasteiger partial charge in [-0.1, -0.05) is 12.7 Å². The Morgan fingerprint density at radius 3 is 2.87 bits per heavy atom. The maximum atomic E-state index is 12.3. The highest BCUT2D eigenvalue weighted by molar-refractivity contribution is 6.07. The normalized spacial score (nSPS) is 22.9. The summed E-state index contributed by atoms with van der Waals surface area (Å²) in [6.07, 6.45) is 3.73. The highest BCUT2D eigenvalue weighted by atomic mass is 16.5. The van der Waals surface area contributed by atoms with Gasteiger partial charge in [0.2, 0.25) is 11.8 Å². The van der Waals surface area contributed by atoms with Crippen molar-refractivity contribution in [2.24, 2.45) is 5.92 Å². The van der Waals surface area contributed by atoms with Gasteiger partial charge < -0.3 is 15.0 Å². The number of anilines is 1. The first-order valence-corrected chi connectivity index (χ1v) is 7.64. The van der Waals surface area contributed by atoms with Crippen LogP contribution in [-0.2, 0) is 9.59 Å². The fourth-order valence-corrected chi connectivity index (χ4v) is 3.04. The van der Waals surface area contributed by atoms with Crippen LogP contribution in [0.5, 0.6) is 5.75 Å². The van der Waals surface area contributed by atoms with Crippen LogP contribution in [0.15, 0.2) is 36.6 Å². The number of ether oxygens (including phenoxy) is 1. The number of benzene rings is 1. The third kappa shape index (κ3) is 2.86. The third-order valence-electron chi connectivity index (χ3n) is 4.42. The minimum Gasteiger partial charge on any atom is -0.497 e. The summed E-state index contributed by atoms with van der Waals surface area (Å²) in [5.74, 6) is 0.450. The predicted octanol–water partition coefficient (Wildman–Crippen LogP) is 2.49. The van der Waals surface area contributed by atoms with E-state index in [1.165, 1.54) is 0 Å². The van der Waals surface area contributed by atoms with Gasteiger partial charge in [0, 0.05) is 24.4 Å². The molecule has 1 atom stereocenters. The van der Waals surface area contributed by atoms with E-state index in [9.17, 15) is 9.59 Å². The highest BCUT2D eigenvalue weighted by Gasteiger charge is 2.28. The summed E-state index contributed by atoms with van der Waals surface area (Å²) in [7, 11) is 3.36. The summed E-state index contributed by atoms with van der Waals surface area (Å²) in [5.41, 5.74) is 3.45. The number of amides is 2. The molecule has 1 aromatic rings. The van der Waals surface area contributed by atoms with Gasteiger partial charge in [-0.2, -0.15) is 0 Å². The van der Waals surface area contributed by atoms with Crippen molar-refractivity contribution >= 4 is 23.1 Å². The van der Waals surface area contributed by atoms with Crippen molar-refractivity contribution in [3.63, 3.8) is 0 Å². The molecule has 5 nitrogen and oxygen atoms in total. The molecule has 1 unspecified atom stereocenters. The Kier molecular flexibility index (Phi) is 3.94. The van der Waals surface area contributed by atoms with Gasteiger partial charge in [0.1, 0.15) is 5.75 Å². The second-order valence-electron chi connectivity index (χ2n) is 5.94. The summed E-state index contributed by atoms with van der Waals surface area (Å²) in [6, 6.07) is 5.67. The Balaban J connectivity index is 1.99. The fourth-order valence-electron chi connectivity index (χ4n) is 3.04. The molecular formula is C18H20N2O3. The van der Waals surface area contributed by atoms with Gasteiger partial charge in [0.25, 0.3) is 0 Å². The van der Waals surface area contributed by atoms with E-state index < -0.39 is 0 Å². The van der Waals surface area contributed by atoms with E-state index in [0.29, 0.717) is 12.2 Å². The van der Waals surface area contributed by atoms with Gasteiger partial charge >= 0.3 is 0 Å². The van der Waals surface area contributed by atoms with Crippen LogP contribution < -0.4 is 15.0 Å². The highest BCUT2D eigenvalue weighted by Crippen LogP contribution is 2.38. The first-order valence-electron chi connectivity index (χ1n) is 7.64. The molecule has 0 spiro atoms. The molecule has 1 N–H and O–H groups in total. The van der Waals surface area contributed by atoms with Gasteiger partial charge in [-0.3, -0.25) is 9.59 Å². The number of hydrogen-bond acceptors (Lipinski definition) is 3. The maximum absolute atomic E-state index is 12.3. The molecule has 23 heavy (non-hydrogen) atoms. The van der Waals surface area contributed by atoms with E-state index in [1.54, 1.807) is 19.1 Å². The first kappa shape index (κ1) is 15.3. The van der Waals surface area contributed by atoms with Gasteiger partial charge in [0.05, 0.1) is 25.1 Å². The first-order chi connectivity index (χ1) is 11.0. The van der Waals surface area contributed by atoms with Crippen LogP contribution in [0.1, 0.15) is 24.8 Å². The minimum atomic E-state index is -0.221. The van der Waals surface area contributed by atoms with E-state index >= 15 is 0 Å². The minimum absolute atomic E-state index is 0.0117. The molecule has 1 aromatic carbocycles. The van der Waals surface area contributed by atoms with Crippen LogP contribution in [0.2, 0.25) is 0 Å². The molecule has 2 amide bonds. The Morgan fingerprint density at radius 1 is 1.39 bits per heavy atom. The van der Waals surface area contributed by atoms with Crippen LogP contribution in [0.3, 0.4) is 0 Å². The van der Waals surface area contributed by atoms with Gasteiger partial charge in [0.15, 0.2) is 0 Å². The molecule has 5 heteroatoms. The number of fused-ring (bicyclic) bond motifs is 1. The molecule has 1 saturated heterocycles. The molecule has 0 bridgehead atoms. The Labute approximate surface area is 135 Å². The third-order valence-corrected chi connectivity index (χ3v) is 4.42. The molecule has 2 heterocycles. The smallest absolute Gasteiger partial charge is 0.231 e. The second-order valence-corrected chi connectivity index (χ2v) is 5.94. The number of nitrogens with zero attached hydrogens (tertiary/aromatic N) is 1. The van der Waals surface area contributed by atoms with E-state index in [4.69, 9.17) is 4.74 Å². The molecule has 2 aliphatic rings. The summed E-state index contributed by atoms with van der Waals surface area (Å²) < 4.78 is 5.25. The van der Waals surface area contributed by atoms with Crippen molar-refractivity contribution in [2.45, 2.75) is 19.3 Å². The number of piperidine rings is 1. The second kappa shape index (κ2) is 5.91. The average molecular weight is 312 g/mol. The number of rotatable bonds is 2. The van der Waals surface area contributed by atoms with Crippen molar-refractivity contribution in [1.82, 2.24) is 5.32 Å². The molecule has 0 saturated carbocycles. The molecule has 3 rings (SSSR count). The van der Waals surface area contributed by atoms with Gasteiger partial charge in [-0.15, -0.1) is 0 Å². The lowest BCUT2D eigenvalue weighted by Gasteiger charge is -2.29. The maximum Gasteiger partial charge on any atom is 0.231 e. The van der Waals surface area contributed by atoms with Crippen molar-refractivity contribution < 1.29 is 14.3 Å². The van der Waals surface area contributed by atoms with Crippen LogP contribution in [0.25, 0.3) is 5.57 Å². The summed E-state index contributed by atoms with van der Waals surface area (Å²) in [6.45, 7) is 3.80. The van der Waals surface area contributed by atoms with E-state index in [2.05, 4.69) is 11.9 Å². The number of hydrogen-bond donors (Lipinski definition) is 1. The number of allylic oxidation sites excluding steroid dienone is 1. The molecule has 120 valence electrons. The largest absolute Gasteiger partial charge is 0.497 e. The summed E-state index contributed by atoms with van der Waals surface area (Å²) >= 11 is 0. The van der Waals surface area contributed by atoms with Gasteiger partial charge in [-0.25, -0.2) is 0 Å². The summed E-state index contributed by atoms with van der Waals surface area (Å²) in [4.78, 5) is 26.0. The Morgan fingerprint density at radius 2 is 2.17 bits per heavy atom. The van der Waals surface area contributed by atoms with Gasteiger partial charge in [-0.05, 0) is 30.5 Å². The van der Waals surface area contributed by atoms with Crippen LogP contribution in [0.4, 0.5) is 5.69 Å². The lowest BCUT2D eigenvalue weighted by atomic mass is 9.88. The van der Waals surface area contributed by atoms with Crippen molar-refractivity contribution in [3.05, 3.63) is 42.1 Å². The average Bonchev–Trinajstić information content (AvgIpc) is 2.54. The number of nitrogens with one attached hydrogen (secondary N) is 1. The van der Waals surface area contributed by atoms with Crippen molar-refractivity contribution in [1.29, 1.82) is 0 Å². The topological polar surface area (TPSA) is 58.6 Å². The molecule has 0 aromatic heterocycles. The van der Waals surface area contributed by atoms with E-state index in [-0.39, 0.29) is 17.7 Å². The number of carbonyl (C=O) groups is 2. The van der Waals surface area contributed by atoms with E-state index in [1.807, 2.05) is 24.3 Å². The number of carbonyl (C=O) groups excluding carboxylic acids is 2. The summed E-state index contributed by atoms with van der Waals surface area (Å²) in [5, 5.41) is 2.79. The number of methoxy groups -OCH3 is 1. The predicted molar refractivity (Wildman–Crippen MR) is 89.0 cm³/mol. The molecular weight excluding hydrogens is 292 g/mol. The molecule has 0 radical (unpaired) electrons. The monoisotopic (exact) mass is 312 g/mol. The lowest BCUT2D eigenvalue weighted by Crippen LogP contribution is -2.34. The molecule has 2 aliphatic heterocycles. The zero-order valence-corrected chi connectivity index (χ0v) is 13.4. The van der Waals surface area contributed by atoms with Crippen LogP contribution in [0, 0.1) is 5.92 Å². The van der Waals surface area contributed by atoms with Crippen molar-refractivity contribution in [2.75, 3.05) is 19.1 Å². The molecule has 1 fully saturated rings. The van der Waals surface area contributed by atoms with E-state index in [0.717, 1.165) is 35.4 Å². The zero-order chi connectivity index (χ0) is 16.6. The molecule has 0 aliphatic carbocycles. The van der Waals surface area contributed by atoms with Crippen LogP contribution in [-0.4, -0.2) is 26.0 Å². The fraction of sp³-hybridized carbons (Fsp3) is 0.333.